The SMILES string of the molecule is COc1cccc2c1CC1=C(O2)C(=O)N([C@@H](C)CC(C)C)C1. The van der Waals surface area contributed by atoms with Gasteiger partial charge in [0.05, 0.1) is 7.11 Å². The minimum absolute atomic E-state index is 0.0246. The third-order valence-electron chi connectivity index (χ3n) is 4.39. The first-order valence-electron chi connectivity index (χ1n) is 7.88. The van der Waals surface area contributed by atoms with Gasteiger partial charge in [-0.2, -0.15) is 0 Å². The van der Waals surface area contributed by atoms with Crippen molar-refractivity contribution in [3.05, 3.63) is 35.1 Å². The van der Waals surface area contributed by atoms with Gasteiger partial charge in [0.2, 0.25) is 0 Å². The lowest BCUT2D eigenvalue weighted by atomic mass is 10.0. The number of hydrogen-bond donors (Lipinski definition) is 0. The zero-order valence-corrected chi connectivity index (χ0v) is 13.7. The predicted octanol–water partition coefficient (Wildman–Crippen LogP) is 3.16. The Kier molecular flexibility index (Phi) is 3.85. The summed E-state index contributed by atoms with van der Waals surface area (Å²) in [6.07, 6.45) is 1.73. The highest BCUT2D eigenvalue weighted by Crippen LogP contribution is 2.39. The topological polar surface area (TPSA) is 38.8 Å². The zero-order valence-electron chi connectivity index (χ0n) is 13.7. The second-order valence-electron chi connectivity index (χ2n) is 6.56. The molecule has 4 heteroatoms. The van der Waals surface area contributed by atoms with E-state index in [1.165, 1.54) is 0 Å². The number of benzene rings is 1. The Morgan fingerprint density at radius 2 is 2.09 bits per heavy atom. The van der Waals surface area contributed by atoms with Crippen LogP contribution in [-0.2, 0) is 11.2 Å². The summed E-state index contributed by atoms with van der Waals surface area (Å²) in [5, 5.41) is 0. The lowest BCUT2D eigenvalue weighted by Gasteiger charge is -2.26. The van der Waals surface area contributed by atoms with Crippen LogP contribution in [0.2, 0.25) is 0 Å². The highest BCUT2D eigenvalue weighted by atomic mass is 16.5. The summed E-state index contributed by atoms with van der Waals surface area (Å²) in [5.41, 5.74) is 2.10. The van der Waals surface area contributed by atoms with Gasteiger partial charge in [-0.15, -0.1) is 0 Å². The number of rotatable bonds is 4. The van der Waals surface area contributed by atoms with E-state index in [-0.39, 0.29) is 11.9 Å². The molecule has 1 atom stereocenters. The Morgan fingerprint density at radius 1 is 1.32 bits per heavy atom. The largest absolute Gasteiger partial charge is 0.496 e. The Balaban J connectivity index is 1.83. The maximum atomic E-state index is 12.6. The van der Waals surface area contributed by atoms with Crippen LogP contribution in [0.5, 0.6) is 11.5 Å². The molecule has 2 aliphatic heterocycles. The molecule has 0 fully saturated rings. The summed E-state index contributed by atoms with van der Waals surface area (Å²) in [6.45, 7) is 7.15. The molecule has 0 N–H and O–H groups in total. The number of hydrogen-bond acceptors (Lipinski definition) is 3. The summed E-state index contributed by atoms with van der Waals surface area (Å²) in [7, 11) is 1.66. The van der Waals surface area contributed by atoms with Crippen LogP contribution in [0, 0.1) is 5.92 Å². The molecule has 118 valence electrons. The van der Waals surface area contributed by atoms with Gasteiger partial charge < -0.3 is 14.4 Å². The van der Waals surface area contributed by atoms with Gasteiger partial charge in [0.1, 0.15) is 11.5 Å². The fourth-order valence-corrected chi connectivity index (χ4v) is 3.38. The van der Waals surface area contributed by atoms with E-state index < -0.39 is 0 Å². The van der Waals surface area contributed by atoms with Crippen LogP contribution in [0.25, 0.3) is 0 Å². The van der Waals surface area contributed by atoms with Gasteiger partial charge in [0.15, 0.2) is 5.76 Å². The van der Waals surface area contributed by atoms with Crippen molar-refractivity contribution in [2.24, 2.45) is 5.92 Å². The molecule has 2 aliphatic rings. The van der Waals surface area contributed by atoms with E-state index in [4.69, 9.17) is 9.47 Å². The number of methoxy groups -OCH3 is 1. The van der Waals surface area contributed by atoms with E-state index in [1.54, 1.807) is 7.11 Å². The summed E-state index contributed by atoms with van der Waals surface area (Å²) in [4.78, 5) is 14.6. The Labute approximate surface area is 131 Å². The van der Waals surface area contributed by atoms with E-state index in [0.717, 1.165) is 35.5 Å². The maximum Gasteiger partial charge on any atom is 0.290 e. The van der Waals surface area contributed by atoms with Crippen molar-refractivity contribution in [3.63, 3.8) is 0 Å². The van der Waals surface area contributed by atoms with Crippen molar-refractivity contribution in [1.82, 2.24) is 4.90 Å². The number of ether oxygens (including phenoxy) is 2. The van der Waals surface area contributed by atoms with Gasteiger partial charge in [0, 0.05) is 30.1 Å². The molecule has 0 spiro atoms. The monoisotopic (exact) mass is 301 g/mol. The molecule has 2 heterocycles. The highest BCUT2D eigenvalue weighted by molar-refractivity contribution is 5.96. The van der Waals surface area contributed by atoms with Gasteiger partial charge in [-0.3, -0.25) is 4.79 Å². The molecule has 1 aromatic rings. The molecule has 1 amide bonds. The first-order valence-corrected chi connectivity index (χ1v) is 7.88. The van der Waals surface area contributed by atoms with Crippen molar-refractivity contribution in [2.75, 3.05) is 13.7 Å². The van der Waals surface area contributed by atoms with Crippen LogP contribution in [-0.4, -0.2) is 30.5 Å². The van der Waals surface area contributed by atoms with Gasteiger partial charge in [-0.1, -0.05) is 19.9 Å². The summed E-state index contributed by atoms with van der Waals surface area (Å²) < 4.78 is 11.3. The number of nitrogens with zero attached hydrogens (tertiary/aromatic N) is 1. The first-order chi connectivity index (χ1) is 10.5. The fourth-order valence-electron chi connectivity index (χ4n) is 3.38. The average Bonchev–Trinajstić information content (AvgIpc) is 2.80. The first kappa shape index (κ1) is 14.9. The molecule has 0 radical (unpaired) electrons. The van der Waals surface area contributed by atoms with E-state index >= 15 is 0 Å². The molecule has 0 unspecified atom stereocenters. The lowest BCUT2D eigenvalue weighted by molar-refractivity contribution is -0.129. The minimum atomic E-state index is 0.0246. The van der Waals surface area contributed by atoms with Crippen LogP contribution in [0.3, 0.4) is 0 Å². The van der Waals surface area contributed by atoms with E-state index in [9.17, 15) is 4.79 Å². The third kappa shape index (κ3) is 2.47. The second kappa shape index (κ2) is 5.67. The molecule has 0 bridgehead atoms. The number of amides is 1. The van der Waals surface area contributed by atoms with Crippen molar-refractivity contribution < 1.29 is 14.3 Å². The third-order valence-corrected chi connectivity index (χ3v) is 4.39. The van der Waals surface area contributed by atoms with Crippen LogP contribution in [0.1, 0.15) is 32.8 Å². The predicted molar refractivity (Wildman–Crippen MR) is 85.0 cm³/mol. The molecule has 3 rings (SSSR count). The zero-order chi connectivity index (χ0) is 15.9. The summed E-state index contributed by atoms with van der Waals surface area (Å²) in [6, 6.07) is 5.95. The van der Waals surface area contributed by atoms with E-state index in [0.29, 0.717) is 18.2 Å². The molecule has 0 aromatic heterocycles. The van der Waals surface area contributed by atoms with Crippen LogP contribution in [0.4, 0.5) is 0 Å². The van der Waals surface area contributed by atoms with Gasteiger partial charge >= 0.3 is 0 Å². The van der Waals surface area contributed by atoms with Crippen LogP contribution >= 0.6 is 0 Å². The smallest absolute Gasteiger partial charge is 0.290 e. The standard InChI is InChI=1S/C18H23NO3/c1-11(2)8-12(3)19-10-13-9-14-15(21-4)6-5-7-16(14)22-17(13)18(19)20/h5-7,11-12H,8-10H2,1-4H3/t12-/m0/s1. The summed E-state index contributed by atoms with van der Waals surface area (Å²) >= 11 is 0. The maximum absolute atomic E-state index is 12.6. The van der Waals surface area contributed by atoms with Crippen molar-refractivity contribution in [3.8, 4) is 11.5 Å². The molecule has 4 nitrogen and oxygen atoms in total. The molecule has 0 saturated carbocycles. The highest BCUT2D eigenvalue weighted by Gasteiger charge is 2.38. The normalized spacial score (nSPS) is 18.2. The fraction of sp³-hybridized carbons (Fsp3) is 0.500. The van der Waals surface area contributed by atoms with E-state index in [1.807, 2.05) is 23.1 Å². The van der Waals surface area contributed by atoms with Gasteiger partial charge in [-0.05, 0) is 31.4 Å². The quantitative estimate of drug-likeness (QED) is 0.857. The molecule has 22 heavy (non-hydrogen) atoms. The second-order valence-corrected chi connectivity index (χ2v) is 6.56. The lowest BCUT2D eigenvalue weighted by Crippen LogP contribution is -2.37. The minimum Gasteiger partial charge on any atom is -0.496 e. The molecular formula is C18H23NO3. The Hall–Kier alpha value is -1.97. The molecule has 0 saturated heterocycles. The van der Waals surface area contributed by atoms with Gasteiger partial charge in [0.25, 0.3) is 5.91 Å². The molecule has 1 aromatic carbocycles. The van der Waals surface area contributed by atoms with Crippen molar-refractivity contribution in [1.29, 1.82) is 0 Å². The number of fused-ring (bicyclic) bond motifs is 1. The van der Waals surface area contributed by atoms with Crippen molar-refractivity contribution >= 4 is 5.91 Å². The summed E-state index contributed by atoms with van der Waals surface area (Å²) in [5.74, 6) is 2.68. The average molecular weight is 301 g/mol. The number of carbonyl (C=O) groups excluding carboxylic acids is 1. The van der Waals surface area contributed by atoms with E-state index in [2.05, 4.69) is 20.8 Å². The molecule has 0 aliphatic carbocycles. The molecular weight excluding hydrogens is 278 g/mol. The van der Waals surface area contributed by atoms with Crippen LogP contribution in [0.15, 0.2) is 29.5 Å². The van der Waals surface area contributed by atoms with Crippen molar-refractivity contribution in [2.45, 2.75) is 39.7 Å². The Morgan fingerprint density at radius 3 is 2.77 bits per heavy atom. The number of carbonyl (C=O) groups is 1. The van der Waals surface area contributed by atoms with Crippen LogP contribution < -0.4 is 9.47 Å². The Bertz CT molecular complexity index is 633. The van der Waals surface area contributed by atoms with Gasteiger partial charge in [-0.25, -0.2) is 0 Å².